The Morgan fingerprint density at radius 3 is 2.40 bits per heavy atom. The van der Waals surface area contributed by atoms with Crippen LogP contribution in [-0.2, 0) is 11.3 Å². The minimum absolute atomic E-state index is 0.0986. The Kier molecular flexibility index (Phi) is 4.80. The van der Waals surface area contributed by atoms with E-state index in [0.29, 0.717) is 6.54 Å². The van der Waals surface area contributed by atoms with E-state index in [1.807, 2.05) is 30.3 Å². The molecule has 0 saturated heterocycles. The molecule has 0 radical (unpaired) electrons. The van der Waals surface area contributed by atoms with Gasteiger partial charge in [0.15, 0.2) is 0 Å². The first kappa shape index (κ1) is 11.7. The second kappa shape index (κ2) is 6.16. The monoisotopic (exact) mass is 209 g/mol. The van der Waals surface area contributed by atoms with Gasteiger partial charge in [-0.2, -0.15) is 0 Å². The molecule has 0 aromatic heterocycles. The summed E-state index contributed by atoms with van der Waals surface area (Å²) in [5, 5.41) is 17.5. The van der Waals surface area contributed by atoms with Gasteiger partial charge in [0.1, 0.15) is 6.61 Å². The van der Waals surface area contributed by atoms with E-state index >= 15 is 0 Å². The molecule has 2 N–H and O–H groups in total. The Morgan fingerprint density at radius 1 is 1.20 bits per heavy atom. The van der Waals surface area contributed by atoms with E-state index in [4.69, 9.17) is 10.2 Å². The van der Waals surface area contributed by atoms with Crippen LogP contribution < -0.4 is 0 Å². The van der Waals surface area contributed by atoms with Gasteiger partial charge in [-0.1, -0.05) is 30.3 Å². The van der Waals surface area contributed by atoms with Crippen LogP contribution in [0.5, 0.6) is 0 Å². The van der Waals surface area contributed by atoms with Gasteiger partial charge in [0.2, 0.25) is 5.91 Å². The summed E-state index contributed by atoms with van der Waals surface area (Å²) >= 11 is 0. The smallest absolute Gasteiger partial charge is 0.248 e. The number of rotatable bonds is 5. The summed E-state index contributed by atoms with van der Waals surface area (Å²) in [4.78, 5) is 12.7. The van der Waals surface area contributed by atoms with E-state index in [1.54, 1.807) is 0 Å². The zero-order chi connectivity index (χ0) is 11.1. The number of carbonyl (C=O) groups is 1. The van der Waals surface area contributed by atoms with Crippen molar-refractivity contribution in [2.45, 2.75) is 6.54 Å². The van der Waals surface area contributed by atoms with Crippen LogP contribution in [-0.4, -0.2) is 40.8 Å². The van der Waals surface area contributed by atoms with Gasteiger partial charge in [-0.3, -0.25) is 4.79 Å². The molecule has 0 spiro atoms. The van der Waals surface area contributed by atoms with E-state index in [1.165, 1.54) is 4.90 Å². The molecular weight excluding hydrogens is 194 g/mol. The van der Waals surface area contributed by atoms with Crippen LogP contribution in [0, 0.1) is 0 Å². The average molecular weight is 209 g/mol. The number of carbonyl (C=O) groups excluding carboxylic acids is 1. The maximum absolute atomic E-state index is 11.3. The largest absolute Gasteiger partial charge is 0.395 e. The first-order valence-electron chi connectivity index (χ1n) is 4.81. The maximum Gasteiger partial charge on any atom is 0.248 e. The molecule has 15 heavy (non-hydrogen) atoms. The molecular formula is C11H15NO3. The predicted octanol–water partition coefficient (Wildman–Crippen LogP) is -0.000200. The van der Waals surface area contributed by atoms with Crippen molar-refractivity contribution in [2.75, 3.05) is 19.8 Å². The third-order valence-electron chi connectivity index (χ3n) is 2.07. The molecule has 0 unspecified atom stereocenters. The Hall–Kier alpha value is -1.39. The van der Waals surface area contributed by atoms with Gasteiger partial charge >= 0.3 is 0 Å². The van der Waals surface area contributed by atoms with Gasteiger partial charge in [0.05, 0.1) is 6.61 Å². The Balaban J connectivity index is 2.62. The quantitative estimate of drug-likeness (QED) is 0.717. The Labute approximate surface area is 88.8 Å². The molecule has 0 aliphatic rings. The second-order valence-electron chi connectivity index (χ2n) is 3.18. The van der Waals surface area contributed by atoms with E-state index in [0.717, 1.165) is 5.56 Å². The summed E-state index contributed by atoms with van der Waals surface area (Å²) in [6, 6.07) is 9.46. The number of aliphatic hydroxyl groups is 2. The van der Waals surface area contributed by atoms with Crippen molar-refractivity contribution in [3.63, 3.8) is 0 Å². The Morgan fingerprint density at radius 2 is 1.87 bits per heavy atom. The van der Waals surface area contributed by atoms with E-state index in [2.05, 4.69) is 0 Å². The van der Waals surface area contributed by atoms with Crippen molar-refractivity contribution in [2.24, 2.45) is 0 Å². The molecule has 0 heterocycles. The maximum atomic E-state index is 11.3. The van der Waals surface area contributed by atoms with E-state index in [9.17, 15) is 4.79 Å². The van der Waals surface area contributed by atoms with Gasteiger partial charge in [-0.05, 0) is 5.56 Å². The van der Waals surface area contributed by atoms with Crippen molar-refractivity contribution in [1.82, 2.24) is 4.90 Å². The van der Waals surface area contributed by atoms with Crippen LogP contribution in [0.1, 0.15) is 5.56 Å². The van der Waals surface area contributed by atoms with Gasteiger partial charge in [-0.15, -0.1) is 0 Å². The van der Waals surface area contributed by atoms with E-state index < -0.39 is 6.61 Å². The van der Waals surface area contributed by atoms with Crippen LogP contribution in [0.25, 0.3) is 0 Å². The highest BCUT2D eigenvalue weighted by Crippen LogP contribution is 2.04. The number of amides is 1. The van der Waals surface area contributed by atoms with Gasteiger partial charge in [0, 0.05) is 13.1 Å². The molecule has 1 aromatic carbocycles. The summed E-state index contributed by atoms with van der Waals surface area (Å²) in [5.74, 6) is -0.368. The summed E-state index contributed by atoms with van der Waals surface area (Å²) in [6.45, 7) is 0.0422. The molecule has 0 aliphatic heterocycles. The fourth-order valence-corrected chi connectivity index (χ4v) is 1.32. The lowest BCUT2D eigenvalue weighted by molar-refractivity contribution is -0.135. The van der Waals surface area contributed by atoms with Crippen LogP contribution >= 0.6 is 0 Å². The fourth-order valence-electron chi connectivity index (χ4n) is 1.32. The summed E-state index contributed by atoms with van der Waals surface area (Å²) in [5.41, 5.74) is 0.979. The average Bonchev–Trinajstić information content (AvgIpc) is 2.29. The molecule has 4 heteroatoms. The molecule has 1 amide bonds. The lowest BCUT2D eigenvalue weighted by atomic mass is 10.2. The normalized spacial score (nSPS) is 10.0. The molecule has 1 rings (SSSR count). The molecule has 0 atom stereocenters. The summed E-state index contributed by atoms with van der Waals surface area (Å²) in [7, 11) is 0. The van der Waals surface area contributed by atoms with Crippen LogP contribution in [0.2, 0.25) is 0 Å². The van der Waals surface area contributed by atoms with Crippen molar-refractivity contribution in [1.29, 1.82) is 0 Å². The number of aliphatic hydroxyl groups excluding tert-OH is 2. The van der Waals surface area contributed by atoms with Crippen LogP contribution in [0.3, 0.4) is 0 Å². The third kappa shape index (κ3) is 3.69. The molecule has 0 saturated carbocycles. The standard InChI is InChI=1S/C11H15NO3/c13-7-6-12(11(15)9-14)8-10-4-2-1-3-5-10/h1-5,13-14H,6-9H2. The minimum Gasteiger partial charge on any atom is -0.395 e. The van der Waals surface area contributed by atoms with Crippen molar-refractivity contribution < 1.29 is 15.0 Å². The van der Waals surface area contributed by atoms with E-state index in [-0.39, 0.29) is 19.1 Å². The summed E-state index contributed by atoms with van der Waals surface area (Å²) in [6.07, 6.45) is 0. The highest BCUT2D eigenvalue weighted by atomic mass is 16.3. The SMILES string of the molecule is O=C(CO)N(CCO)Cc1ccccc1. The molecule has 4 nitrogen and oxygen atoms in total. The molecule has 1 aromatic rings. The van der Waals surface area contributed by atoms with Gasteiger partial charge < -0.3 is 15.1 Å². The lowest BCUT2D eigenvalue weighted by Crippen LogP contribution is -2.34. The number of benzene rings is 1. The molecule has 0 fully saturated rings. The third-order valence-corrected chi connectivity index (χ3v) is 2.07. The highest BCUT2D eigenvalue weighted by Gasteiger charge is 2.11. The Bertz CT molecular complexity index is 300. The van der Waals surface area contributed by atoms with Gasteiger partial charge in [0.25, 0.3) is 0 Å². The van der Waals surface area contributed by atoms with Crippen LogP contribution in [0.4, 0.5) is 0 Å². The highest BCUT2D eigenvalue weighted by molar-refractivity contribution is 5.77. The number of nitrogens with zero attached hydrogens (tertiary/aromatic N) is 1. The van der Waals surface area contributed by atoms with Crippen molar-refractivity contribution >= 4 is 5.91 Å². The van der Waals surface area contributed by atoms with Crippen molar-refractivity contribution in [3.8, 4) is 0 Å². The summed E-state index contributed by atoms with van der Waals surface area (Å²) < 4.78 is 0. The fraction of sp³-hybridized carbons (Fsp3) is 0.364. The number of hydrogen-bond acceptors (Lipinski definition) is 3. The number of hydrogen-bond donors (Lipinski definition) is 2. The molecule has 0 aliphatic carbocycles. The van der Waals surface area contributed by atoms with Gasteiger partial charge in [-0.25, -0.2) is 0 Å². The topological polar surface area (TPSA) is 60.8 Å². The minimum atomic E-state index is -0.521. The predicted molar refractivity (Wildman–Crippen MR) is 56.0 cm³/mol. The zero-order valence-electron chi connectivity index (χ0n) is 8.47. The van der Waals surface area contributed by atoms with Crippen LogP contribution in [0.15, 0.2) is 30.3 Å². The first-order valence-corrected chi connectivity index (χ1v) is 4.81. The molecule has 0 bridgehead atoms. The lowest BCUT2D eigenvalue weighted by Gasteiger charge is -2.20. The van der Waals surface area contributed by atoms with Crippen molar-refractivity contribution in [3.05, 3.63) is 35.9 Å². The zero-order valence-corrected chi connectivity index (χ0v) is 8.47. The second-order valence-corrected chi connectivity index (χ2v) is 3.18. The first-order chi connectivity index (χ1) is 7.27. The molecule has 82 valence electrons.